The standard InChI is InChI=1S/C35H35ClN2O3/c1-4-6-21-37(22-7-5-2)25-20-19-24(3)30(23-25)38(36)29-16-12-18-32-33(29)35(28-15-10-11-17-31(28)40-32)27-14-9-8-13-26(27)34(39)41-35/h8-20,23H,4-7,21-22H2,1-3H3. The van der Waals surface area contributed by atoms with Crippen LogP contribution in [0.25, 0.3) is 0 Å². The number of ether oxygens (including phenoxy) is 2. The molecule has 6 heteroatoms. The third-order valence-electron chi connectivity index (χ3n) is 8.16. The van der Waals surface area contributed by atoms with Gasteiger partial charge in [-0.15, -0.1) is 0 Å². The first-order chi connectivity index (χ1) is 20.0. The number of unbranched alkanes of at least 4 members (excludes halogenated alkanes) is 2. The highest BCUT2D eigenvalue weighted by molar-refractivity contribution is 6.30. The summed E-state index contributed by atoms with van der Waals surface area (Å²) in [5, 5.41) is 0. The van der Waals surface area contributed by atoms with Crippen molar-refractivity contribution in [2.75, 3.05) is 22.4 Å². The molecule has 41 heavy (non-hydrogen) atoms. The van der Waals surface area contributed by atoms with Crippen LogP contribution in [0, 0.1) is 6.92 Å². The minimum atomic E-state index is -1.19. The second-order valence-corrected chi connectivity index (χ2v) is 11.1. The van der Waals surface area contributed by atoms with Gasteiger partial charge in [0.2, 0.25) is 0 Å². The van der Waals surface area contributed by atoms with Crippen LogP contribution in [0.3, 0.4) is 0 Å². The number of anilines is 3. The van der Waals surface area contributed by atoms with Gasteiger partial charge in [0, 0.05) is 41.7 Å². The van der Waals surface area contributed by atoms with Gasteiger partial charge in [0.15, 0.2) is 5.60 Å². The number of rotatable bonds is 9. The molecule has 4 aromatic rings. The number of halogens is 1. The quantitative estimate of drug-likeness (QED) is 0.149. The highest BCUT2D eigenvalue weighted by Gasteiger charge is 2.55. The summed E-state index contributed by atoms with van der Waals surface area (Å²) in [6, 6.07) is 27.6. The van der Waals surface area contributed by atoms with E-state index in [0.717, 1.165) is 66.8 Å². The smallest absolute Gasteiger partial charge is 0.340 e. The van der Waals surface area contributed by atoms with Crippen LogP contribution in [0.5, 0.6) is 11.5 Å². The SMILES string of the molecule is CCCCN(CCCC)c1ccc(C)c(N(Cl)c2cccc3c2C2(OC(=O)c4ccccc42)c2ccccc2O3)c1. The van der Waals surface area contributed by atoms with Crippen LogP contribution in [0.1, 0.15) is 72.1 Å². The van der Waals surface area contributed by atoms with Crippen LogP contribution in [-0.2, 0) is 10.3 Å². The molecular weight excluding hydrogens is 532 g/mol. The van der Waals surface area contributed by atoms with Crippen LogP contribution in [-0.4, -0.2) is 19.1 Å². The molecule has 0 aliphatic carbocycles. The lowest BCUT2D eigenvalue weighted by Gasteiger charge is -2.39. The number of aryl methyl sites for hydroxylation is 1. The Balaban J connectivity index is 1.52. The van der Waals surface area contributed by atoms with E-state index in [0.29, 0.717) is 28.3 Å². The first-order valence-electron chi connectivity index (χ1n) is 14.5. The fourth-order valence-corrected chi connectivity index (χ4v) is 6.35. The Labute approximate surface area is 247 Å². The number of hydrogen-bond donors (Lipinski definition) is 0. The second-order valence-electron chi connectivity index (χ2n) is 10.8. The minimum Gasteiger partial charge on any atom is -0.456 e. The fraction of sp³-hybridized carbons (Fsp3) is 0.286. The van der Waals surface area contributed by atoms with Crippen LogP contribution in [0.2, 0.25) is 0 Å². The lowest BCUT2D eigenvalue weighted by Crippen LogP contribution is -2.34. The maximum Gasteiger partial charge on any atom is 0.340 e. The van der Waals surface area contributed by atoms with Crippen LogP contribution >= 0.6 is 11.8 Å². The van der Waals surface area contributed by atoms with E-state index in [2.05, 4.69) is 43.9 Å². The normalized spacial score (nSPS) is 16.4. The van der Waals surface area contributed by atoms with Crippen molar-refractivity contribution in [2.45, 2.75) is 52.1 Å². The molecule has 0 fully saturated rings. The Bertz CT molecular complexity index is 1590. The third kappa shape index (κ3) is 4.53. The van der Waals surface area contributed by atoms with Crippen molar-refractivity contribution < 1.29 is 14.3 Å². The summed E-state index contributed by atoms with van der Waals surface area (Å²) in [7, 11) is 0. The predicted octanol–water partition coefficient (Wildman–Crippen LogP) is 9.26. The molecule has 5 nitrogen and oxygen atoms in total. The first-order valence-corrected chi connectivity index (χ1v) is 14.9. The number of para-hydroxylation sites is 1. The van der Waals surface area contributed by atoms with Crippen LogP contribution in [0.4, 0.5) is 17.1 Å². The molecule has 210 valence electrons. The summed E-state index contributed by atoms with van der Waals surface area (Å²) in [5.74, 6) is 0.904. The Hall–Kier alpha value is -3.96. The molecular formula is C35H35ClN2O3. The Morgan fingerprint density at radius 3 is 2.22 bits per heavy atom. The van der Waals surface area contributed by atoms with Gasteiger partial charge >= 0.3 is 5.97 Å². The molecule has 0 radical (unpaired) electrons. The van der Waals surface area contributed by atoms with Crippen molar-refractivity contribution in [1.82, 2.24) is 0 Å². The van der Waals surface area contributed by atoms with E-state index >= 15 is 0 Å². The zero-order valence-corrected chi connectivity index (χ0v) is 24.6. The number of fused-ring (bicyclic) bond motifs is 6. The topological polar surface area (TPSA) is 42.0 Å². The van der Waals surface area contributed by atoms with Gasteiger partial charge in [-0.1, -0.05) is 75.2 Å². The lowest BCUT2D eigenvalue weighted by molar-refractivity contribution is 0.0226. The summed E-state index contributed by atoms with van der Waals surface area (Å²) >= 11 is 7.33. The maximum absolute atomic E-state index is 13.3. The van der Waals surface area contributed by atoms with Gasteiger partial charge in [-0.2, -0.15) is 0 Å². The minimum absolute atomic E-state index is 0.361. The Morgan fingerprint density at radius 2 is 1.46 bits per heavy atom. The number of carbonyl (C=O) groups is 1. The maximum atomic E-state index is 13.3. The highest BCUT2D eigenvalue weighted by Crippen LogP contribution is 2.59. The molecule has 6 rings (SSSR count). The average molecular weight is 567 g/mol. The predicted molar refractivity (Wildman–Crippen MR) is 166 cm³/mol. The summed E-state index contributed by atoms with van der Waals surface area (Å²) in [4.78, 5) is 15.8. The van der Waals surface area contributed by atoms with E-state index in [1.165, 1.54) is 0 Å². The van der Waals surface area contributed by atoms with Gasteiger partial charge < -0.3 is 14.4 Å². The molecule has 1 spiro atoms. The van der Waals surface area contributed by atoms with Crippen molar-refractivity contribution >= 4 is 34.8 Å². The number of hydrogen-bond acceptors (Lipinski definition) is 5. The van der Waals surface area contributed by atoms with Crippen molar-refractivity contribution in [3.8, 4) is 11.5 Å². The fourth-order valence-electron chi connectivity index (χ4n) is 6.03. The first kappa shape index (κ1) is 27.2. The number of esters is 1. The molecule has 4 aromatic carbocycles. The highest BCUT2D eigenvalue weighted by atomic mass is 35.5. The number of carbonyl (C=O) groups excluding carboxylic acids is 1. The second kappa shape index (κ2) is 11.1. The molecule has 2 heterocycles. The van der Waals surface area contributed by atoms with E-state index in [9.17, 15) is 4.79 Å². The Morgan fingerprint density at radius 1 is 0.780 bits per heavy atom. The van der Waals surface area contributed by atoms with E-state index < -0.39 is 5.60 Å². The van der Waals surface area contributed by atoms with Gasteiger partial charge in [0.1, 0.15) is 11.5 Å². The molecule has 0 saturated carbocycles. The molecule has 0 aromatic heterocycles. The van der Waals surface area contributed by atoms with Crippen molar-refractivity contribution in [2.24, 2.45) is 0 Å². The van der Waals surface area contributed by atoms with Crippen LogP contribution < -0.4 is 14.1 Å². The molecule has 0 saturated heterocycles. The lowest BCUT2D eigenvalue weighted by atomic mass is 9.77. The summed E-state index contributed by atoms with van der Waals surface area (Å²) in [6.07, 6.45) is 4.55. The number of nitrogens with zero attached hydrogens (tertiary/aromatic N) is 2. The molecule has 0 bridgehead atoms. The van der Waals surface area contributed by atoms with Gasteiger partial charge in [0.05, 0.1) is 22.5 Å². The third-order valence-corrected chi connectivity index (χ3v) is 8.52. The zero-order chi connectivity index (χ0) is 28.6. The number of benzene rings is 4. The zero-order valence-electron chi connectivity index (χ0n) is 23.8. The average Bonchev–Trinajstić information content (AvgIpc) is 3.29. The summed E-state index contributed by atoms with van der Waals surface area (Å²) in [6.45, 7) is 8.52. The van der Waals surface area contributed by atoms with E-state index in [1.54, 1.807) is 4.42 Å². The monoisotopic (exact) mass is 566 g/mol. The largest absolute Gasteiger partial charge is 0.456 e. The van der Waals surface area contributed by atoms with Gasteiger partial charge in [-0.3, -0.25) is 4.42 Å². The molecule has 0 amide bonds. The molecule has 0 N–H and O–H groups in total. The summed E-state index contributed by atoms with van der Waals surface area (Å²) < 4.78 is 14.5. The molecule has 2 aliphatic rings. The van der Waals surface area contributed by atoms with Crippen molar-refractivity contribution in [3.05, 3.63) is 113 Å². The summed E-state index contributed by atoms with van der Waals surface area (Å²) in [5.41, 5.74) is 5.41. The van der Waals surface area contributed by atoms with E-state index in [4.69, 9.17) is 21.3 Å². The van der Waals surface area contributed by atoms with Gasteiger partial charge in [-0.25, -0.2) is 4.79 Å². The van der Waals surface area contributed by atoms with Crippen molar-refractivity contribution in [1.29, 1.82) is 0 Å². The molecule has 2 aliphatic heterocycles. The van der Waals surface area contributed by atoms with Gasteiger partial charge in [0.25, 0.3) is 0 Å². The van der Waals surface area contributed by atoms with Crippen LogP contribution in [0.15, 0.2) is 84.9 Å². The molecule has 1 atom stereocenters. The van der Waals surface area contributed by atoms with E-state index in [1.807, 2.05) is 66.7 Å². The molecule has 1 unspecified atom stereocenters. The van der Waals surface area contributed by atoms with Crippen molar-refractivity contribution in [3.63, 3.8) is 0 Å². The van der Waals surface area contributed by atoms with E-state index in [-0.39, 0.29) is 5.97 Å². The Kier molecular flexibility index (Phi) is 7.39. The van der Waals surface area contributed by atoms with Gasteiger partial charge in [-0.05, 0) is 61.7 Å².